The summed E-state index contributed by atoms with van der Waals surface area (Å²) in [5.41, 5.74) is 18.5. The normalized spacial score (nSPS) is 10.9. The predicted molar refractivity (Wildman–Crippen MR) is 228 cm³/mol. The second-order valence-electron chi connectivity index (χ2n) is 13.1. The highest BCUT2D eigenvalue weighted by Crippen LogP contribution is 2.32. The minimum absolute atomic E-state index is 0.0628. The number of pyridine rings is 4. The van der Waals surface area contributed by atoms with E-state index in [0.29, 0.717) is 36.2 Å². The highest BCUT2D eigenvalue weighted by molar-refractivity contribution is 7.91. The molecule has 0 radical (unpaired) electrons. The van der Waals surface area contributed by atoms with Crippen molar-refractivity contribution in [2.24, 2.45) is 0 Å². The molecule has 2 aromatic carbocycles. The standard InChI is InChI=1S/2C18H17N3O3S.C6H10O4/c2*1-24-17-8-5-13(10-20-17)16-9-14(11-21-18(16)19)12-3-6-15(7-4-12)25(2,22)23;7-5(8)3-1-2-4-6(9)10/h2*3-11H,1-2H3,(H2,19,21);1-4H2,(H,7,8)(H,9,10). The van der Waals surface area contributed by atoms with Crippen molar-refractivity contribution in [3.05, 3.63) is 110 Å². The van der Waals surface area contributed by atoms with Gasteiger partial charge in [0, 0.05) is 95.7 Å². The van der Waals surface area contributed by atoms with Crippen LogP contribution >= 0.6 is 0 Å². The Bertz CT molecular complexity index is 2440. The van der Waals surface area contributed by atoms with Gasteiger partial charge in [-0.3, -0.25) is 9.59 Å². The molecule has 0 aliphatic rings. The molecule has 6 N–H and O–H groups in total. The smallest absolute Gasteiger partial charge is 0.303 e. The number of carbonyl (C=O) groups is 2. The van der Waals surface area contributed by atoms with Crippen molar-refractivity contribution < 1.29 is 46.1 Å². The van der Waals surface area contributed by atoms with Gasteiger partial charge in [-0.2, -0.15) is 0 Å². The number of aliphatic carboxylic acids is 2. The molecule has 0 atom stereocenters. The van der Waals surface area contributed by atoms with Crippen molar-refractivity contribution in [3.8, 4) is 56.3 Å². The average Bonchev–Trinajstić information content (AvgIpc) is 3.23. The molecule has 0 bridgehead atoms. The zero-order chi connectivity index (χ0) is 44.0. The lowest BCUT2D eigenvalue weighted by Crippen LogP contribution is -1.97. The number of aromatic nitrogens is 4. The van der Waals surface area contributed by atoms with Gasteiger partial charge in [-0.05, 0) is 72.5 Å². The molecule has 0 fully saturated rings. The Balaban J connectivity index is 0.000000217. The summed E-state index contributed by atoms with van der Waals surface area (Å²) in [6.07, 6.45) is 10.0. The molecule has 0 spiro atoms. The molecule has 0 saturated carbocycles. The molecule has 18 heteroatoms. The largest absolute Gasteiger partial charge is 0.481 e. The van der Waals surface area contributed by atoms with Crippen LogP contribution in [0.25, 0.3) is 44.5 Å². The van der Waals surface area contributed by atoms with Gasteiger partial charge in [0.15, 0.2) is 19.7 Å². The third-order valence-electron chi connectivity index (χ3n) is 8.61. The van der Waals surface area contributed by atoms with E-state index in [-0.39, 0.29) is 22.6 Å². The summed E-state index contributed by atoms with van der Waals surface area (Å²) in [5, 5.41) is 16.3. The fraction of sp³-hybridized carbons (Fsp3) is 0.190. The summed E-state index contributed by atoms with van der Waals surface area (Å²) in [5.74, 6) is 0.0771. The van der Waals surface area contributed by atoms with E-state index in [0.717, 1.165) is 44.5 Å². The first-order valence-corrected chi connectivity index (χ1v) is 21.7. The summed E-state index contributed by atoms with van der Waals surface area (Å²) in [7, 11) is -3.34. The number of benzene rings is 2. The van der Waals surface area contributed by atoms with Crippen LogP contribution in [-0.2, 0) is 29.3 Å². The number of nitrogens with zero attached hydrogens (tertiary/aromatic N) is 4. The number of unbranched alkanes of at least 4 members (excludes halogenated alkanes) is 1. The van der Waals surface area contributed by atoms with Crippen LogP contribution in [0.3, 0.4) is 0 Å². The zero-order valence-corrected chi connectivity index (χ0v) is 34.8. The molecule has 60 heavy (non-hydrogen) atoms. The van der Waals surface area contributed by atoms with E-state index >= 15 is 0 Å². The quantitative estimate of drug-likeness (QED) is 0.0925. The van der Waals surface area contributed by atoms with E-state index in [9.17, 15) is 26.4 Å². The Morgan fingerprint density at radius 3 is 1.10 bits per heavy atom. The van der Waals surface area contributed by atoms with E-state index < -0.39 is 31.6 Å². The molecule has 4 heterocycles. The molecule has 314 valence electrons. The summed E-state index contributed by atoms with van der Waals surface area (Å²) in [6.45, 7) is 0. The van der Waals surface area contributed by atoms with Crippen LogP contribution in [-0.4, -0.2) is 85.7 Å². The highest BCUT2D eigenvalue weighted by atomic mass is 32.2. The third-order valence-corrected chi connectivity index (χ3v) is 10.9. The summed E-state index contributed by atoms with van der Waals surface area (Å²) in [4.78, 5) is 37.2. The second kappa shape index (κ2) is 20.7. The first kappa shape index (κ1) is 45.8. The molecule has 0 saturated heterocycles. The van der Waals surface area contributed by atoms with E-state index in [1.807, 2.05) is 24.3 Å². The summed E-state index contributed by atoms with van der Waals surface area (Å²) >= 11 is 0. The van der Waals surface area contributed by atoms with Gasteiger partial charge in [0.25, 0.3) is 0 Å². The first-order valence-electron chi connectivity index (χ1n) is 18.0. The molecule has 6 aromatic rings. The average molecular weight is 857 g/mol. The summed E-state index contributed by atoms with van der Waals surface area (Å²) < 4.78 is 56.4. The Morgan fingerprint density at radius 2 is 0.833 bits per heavy atom. The molecule has 6 rings (SSSR count). The maximum atomic E-state index is 11.6. The van der Waals surface area contributed by atoms with Crippen LogP contribution in [0, 0.1) is 0 Å². The Labute approximate surface area is 347 Å². The van der Waals surface area contributed by atoms with Crippen molar-refractivity contribution in [2.75, 3.05) is 38.2 Å². The molecule has 0 unspecified atom stereocenters. The highest BCUT2D eigenvalue weighted by Gasteiger charge is 2.12. The van der Waals surface area contributed by atoms with Crippen LogP contribution in [0.2, 0.25) is 0 Å². The molecule has 0 amide bonds. The van der Waals surface area contributed by atoms with Gasteiger partial charge in [0.05, 0.1) is 24.0 Å². The fourth-order valence-electron chi connectivity index (χ4n) is 5.39. The molecule has 4 aromatic heterocycles. The first-order chi connectivity index (χ1) is 28.4. The van der Waals surface area contributed by atoms with Gasteiger partial charge in [-0.15, -0.1) is 0 Å². The van der Waals surface area contributed by atoms with E-state index in [2.05, 4.69) is 19.9 Å². The number of nitrogens with two attached hydrogens (primary N) is 2. The fourth-order valence-corrected chi connectivity index (χ4v) is 6.65. The third kappa shape index (κ3) is 13.3. The van der Waals surface area contributed by atoms with Gasteiger partial charge in [-0.1, -0.05) is 24.3 Å². The number of methoxy groups -OCH3 is 2. The molecule has 16 nitrogen and oxygen atoms in total. The monoisotopic (exact) mass is 856 g/mol. The second-order valence-corrected chi connectivity index (χ2v) is 17.1. The van der Waals surface area contributed by atoms with Gasteiger partial charge < -0.3 is 31.2 Å². The lowest BCUT2D eigenvalue weighted by Gasteiger charge is -2.09. The number of ether oxygens (including phenoxy) is 2. The molecule has 0 aliphatic carbocycles. The van der Waals surface area contributed by atoms with Crippen LogP contribution in [0.1, 0.15) is 25.7 Å². The number of anilines is 2. The number of hydrogen-bond acceptors (Lipinski definition) is 14. The minimum Gasteiger partial charge on any atom is -0.481 e. The molecular formula is C42H44N6O10S2. The van der Waals surface area contributed by atoms with E-state index in [1.54, 1.807) is 99.7 Å². The number of carboxylic acids is 2. The van der Waals surface area contributed by atoms with Crippen LogP contribution < -0.4 is 20.9 Å². The van der Waals surface area contributed by atoms with Crippen LogP contribution in [0.15, 0.2) is 120 Å². The number of sulfone groups is 2. The minimum atomic E-state index is -3.22. The molecular weight excluding hydrogens is 813 g/mol. The van der Waals surface area contributed by atoms with Crippen LogP contribution in [0.4, 0.5) is 11.6 Å². The van der Waals surface area contributed by atoms with Gasteiger partial charge in [0.1, 0.15) is 11.6 Å². The number of nitrogen functional groups attached to an aromatic ring is 2. The Morgan fingerprint density at radius 1 is 0.517 bits per heavy atom. The van der Waals surface area contributed by atoms with E-state index in [1.165, 1.54) is 12.5 Å². The number of rotatable bonds is 13. The summed E-state index contributed by atoms with van der Waals surface area (Å²) in [6, 6.07) is 24.3. The van der Waals surface area contributed by atoms with Crippen molar-refractivity contribution in [2.45, 2.75) is 35.5 Å². The predicted octanol–water partition coefficient (Wildman–Crippen LogP) is 6.33. The SMILES string of the molecule is COc1ccc(-c2cc(-c3ccc(S(C)(=O)=O)cc3)cnc2N)cn1.COc1ccc(-c2cc(-c3ccc(S(C)(=O)=O)cc3)cnc2N)cn1.O=C(O)CCCCC(=O)O. The number of carboxylic acid groups (broad SMARTS) is 2. The number of hydrogen-bond donors (Lipinski definition) is 4. The topological polar surface area (TPSA) is 265 Å². The Kier molecular flexibility index (Phi) is 15.8. The van der Waals surface area contributed by atoms with Crippen molar-refractivity contribution in [3.63, 3.8) is 0 Å². The zero-order valence-electron chi connectivity index (χ0n) is 33.1. The Hall–Kier alpha value is -6.92. The maximum absolute atomic E-state index is 11.6. The lowest BCUT2D eigenvalue weighted by atomic mass is 10.0. The van der Waals surface area contributed by atoms with Crippen LogP contribution in [0.5, 0.6) is 11.8 Å². The van der Waals surface area contributed by atoms with E-state index in [4.69, 9.17) is 31.2 Å². The van der Waals surface area contributed by atoms with Gasteiger partial charge in [-0.25, -0.2) is 36.8 Å². The van der Waals surface area contributed by atoms with Crippen molar-refractivity contribution >= 4 is 43.2 Å². The molecule has 0 aliphatic heterocycles. The van der Waals surface area contributed by atoms with Crippen molar-refractivity contribution in [1.82, 2.24) is 19.9 Å². The maximum Gasteiger partial charge on any atom is 0.303 e. The lowest BCUT2D eigenvalue weighted by molar-refractivity contribution is -0.139. The van der Waals surface area contributed by atoms with Gasteiger partial charge >= 0.3 is 11.9 Å². The van der Waals surface area contributed by atoms with Crippen molar-refractivity contribution in [1.29, 1.82) is 0 Å². The van der Waals surface area contributed by atoms with Gasteiger partial charge in [0.2, 0.25) is 11.8 Å².